The van der Waals surface area contributed by atoms with Gasteiger partial charge in [-0.2, -0.15) is 0 Å². The van der Waals surface area contributed by atoms with Crippen molar-refractivity contribution < 1.29 is 23.9 Å². The van der Waals surface area contributed by atoms with Gasteiger partial charge in [-0.3, -0.25) is 14.8 Å². The maximum absolute atomic E-state index is 13.1. The van der Waals surface area contributed by atoms with E-state index in [2.05, 4.69) is 0 Å². The summed E-state index contributed by atoms with van der Waals surface area (Å²) < 4.78 is 16.5. The molecule has 1 heterocycles. The zero-order valence-electron chi connectivity index (χ0n) is 15.8. The molecule has 29 heavy (non-hydrogen) atoms. The van der Waals surface area contributed by atoms with Crippen molar-refractivity contribution in [3.05, 3.63) is 71.0 Å². The summed E-state index contributed by atoms with van der Waals surface area (Å²) in [5.74, 6) is 0.286. The van der Waals surface area contributed by atoms with E-state index < -0.39 is 7.60 Å². The Balaban J connectivity index is 1.82. The number of amides is 1. The molecular weight excluding hydrogens is 393 g/mol. The van der Waals surface area contributed by atoms with E-state index in [4.69, 9.17) is 25.7 Å². The lowest BCUT2D eigenvalue weighted by atomic mass is 10.0. The van der Waals surface area contributed by atoms with Crippen LogP contribution in [0.15, 0.2) is 54.3 Å². The second kappa shape index (κ2) is 8.21. The molecule has 2 aromatic carbocycles. The van der Waals surface area contributed by atoms with E-state index in [1.807, 2.05) is 0 Å². The van der Waals surface area contributed by atoms with Crippen LogP contribution in [-0.2, 0) is 20.5 Å². The number of amidine groups is 1. The van der Waals surface area contributed by atoms with Crippen LogP contribution in [0.4, 0.5) is 5.69 Å². The number of methoxy groups -OCH3 is 1. The van der Waals surface area contributed by atoms with Crippen molar-refractivity contribution >= 4 is 30.6 Å². The van der Waals surface area contributed by atoms with E-state index in [1.165, 1.54) is 7.11 Å². The fourth-order valence-electron chi connectivity index (χ4n) is 3.14. The molecular formula is C20H22N3O5P. The van der Waals surface area contributed by atoms with Crippen molar-refractivity contribution in [2.45, 2.75) is 6.42 Å². The van der Waals surface area contributed by atoms with Crippen LogP contribution in [0.2, 0.25) is 0 Å². The van der Waals surface area contributed by atoms with Gasteiger partial charge >= 0.3 is 7.60 Å². The molecule has 1 amide bonds. The largest absolute Gasteiger partial charge is 0.498 e. The highest BCUT2D eigenvalue weighted by atomic mass is 31.2. The first-order valence-corrected chi connectivity index (χ1v) is 10.7. The number of nitrogens with two attached hydrogens (primary N) is 1. The lowest BCUT2D eigenvalue weighted by molar-refractivity contribution is -0.112. The minimum absolute atomic E-state index is 0.0421. The molecule has 0 radical (unpaired) electrons. The number of hydrogen-bond donors (Lipinski definition) is 4. The standard InChI is InChI=1S/C20H22N3O5P/c1-28-17-12-23(16-8-6-15(7-9-16)19(21)22)20(24)18(17)14-4-2-13(3-5-14)10-11-29(25,26)27/h2-9H,10-12H2,1H3,(H3,21,22)(H2,25,26,27). The highest BCUT2D eigenvalue weighted by Crippen LogP contribution is 2.35. The Labute approximate surface area is 168 Å². The Morgan fingerprint density at radius 1 is 1.17 bits per heavy atom. The number of hydrogen-bond acceptors (Lipinski definition) is 4. The molecule has 3 rings (SSSR count). The quantitative estimate of drug-likeness (QED) is 0.311. The number of nitrogen functional groups attached to an aromatic ring is 1. The van der Waals surface area contributed by atoms with Crippen molar-refractivity contribution in [3.63, 3.8) is 0 Å². The van der Waals surface area contributed by atoms with Gasteiger partial charge in [-0.05, 0) is 41.8 Å². The summed E-state index contributed by atoms with van der Waals surface area (Å²) in [5, 5.41) is 7.47. The minimum Gasteiger partial charge on any atom is -0.498 e. The summed E-state index contributed by atoms with van der Waals surface area (Å²) in [5.41, 5.74) is 8.62. The van der Waals surface area contributed by atoms with Crippen molar-refractivity contribution in [1.29, 1.82) is 5.41 Å². The van der Waals surface area contributed by atoms with E-state index in [1.54, 1.807) is 53.4 Å². The smallest absolute Gasteiger partial charge is 0.325 e. The Bertz CT molecular complexity index is 1010. The topological polar surface area (TPSA) is 137 Å². The Kier molecular flexibility index (Phi) is 5.88. The number of carbonyl (C=O) groups excluding carboxylic acids is 1. The summed E-state index contributed by atoms with van der Waals surface area (Å²) in [6.07, 6.45) is 0.0324. The van der Waals surface area contributed by atoms with E-state index in [0.717, 1.165) is 5.56 Å². The van der Waals surface area contributed by atoms with Crippen molar-refractivity contribution in [2.24, 2.45) is 5.73 Å². The van der Waals surface area contributed by atoms with E-state index in [0.29, 0.717) is 28.1 Å². The fraction of sp³-hybridized carbons (Fsp3) is 0.200. The molecule has 0 fully saturated rings. The normalized spacial score (nSPS) is 14.4. The minimum atomic E-state index is -4.05. The molecule has 9 heteroatoms. The van der Waals surface area contributed by atoms with Crippen LogP contribution in [-0.4, -0.2) is 41.3 Å². The predicted octanol–water partition coefficient (Wildman–Crippen LogP) is 2.10. The van der Waals surface area contributed by atoms with Crippen molar-refractivity contribution in [3.8, 4) is 0 Å². The maximum Gasteiger partial charge on any atom is 0.325 e. The number of nitrogens with one attached hydrogen (secondary N) is 1. The van der Waals surface area contributed by atoms with Gasteiger partial charge in [0.05, 0.1) is 25.4 Å². The van der Waals surface area contributed by atoms with Crippen LogP contribution < -0.4 is 10.6 Å². The Morgan fingerprint density at radius 2 is 1.79 bits per heavy atom. The zero-order chi connectivity index (χ0) is 21.2. The first-order valence-electron chi connectivity index (χ1n) is 8.87. The molecule has 0 saturated heterocycles. The second-order valence-electron chi connectivity index (χ2n) is 6.69. The van der Waals surface area contributed by atoms with Gasteiger partial charge in [0, 0.05) is 11.3 Å². The third-order valence-corrected chi connectivity index (χ3v) is 5.52. The molecule has 0 atom stereocenters. The molecule has 152 valence electrons. The van der Waals surface area contributed by atoms with Gasteiger partial charge in [-0.25, -0.2) is 0 Å². The van der Waals surface area contributed by atoms with E-state index in [9.17, 15) is 9.36 Å². The molecule has 8 nitrogen and oxygen atoms in total. The van der Waals surface area contributed by atoms with Crippen LogP contribution in [0.25, 0.3) is 5.57 Å². The van der Waals surface area contributed by atoms with Gasteiger partial charge in [-0.15, -0.1) is 0 Å². The van der Waals surface area contributed by atoms with Gasteiger partial charge < -0.3 is 25.2 Å². The third-order valence-electron chi connectivity index (χ3n) is 4.71. The monoisotopic (exact) mass is 415 g/mol. The molecule has 1 aliphatic heterocycles. The summed E-state index contributed by atoms with van der Waals surface area (Å²) in [7, 11) is -2.54. The molecule has 2 aromatic rings. The summed E-state index contributed by atoms with van der Waals surface area (Å²) in [4.78, 5) is 32.7. The number of benzene rings is 2. The summed E-state index contributed by atoms with van der Waals surface area (Å²) >= 11 is 0. The van der Waals surface area contributed by atoms with E-state index >= 15 is 0 Å². The lowest BCUT2D eigenvalue weighted by Gasteiger charge is -2.17. The predicted molar refractivity (Wildman–Crippen MR) is 111 cm³/mol. The average molecular weight is 415 g/mol. The molecule has 0 spiro atoms. The Hall–Kier alpha value is -2.93. The number of aryl methyl sites for hydroxylation is 1. The summed E-state index contributed by atoms with van der Waals surface area (Å²) in [6.45, 7) is 0.282. The van der Waals surface area contributed by atoms with Gasteiger partial charge in [0.1, 0.15) is 11.6 Å². The second-order valence-corrected chi connectivity index (χ2v) is 8.47. The van der Waals surface area contributed by atoms with Crippen LogP contribution >= 0.6 is 7.60 Å². The molecule has 0 unspecified atom stereocenters. The Morgan fingerprint density at radius 3 is 2.31 bits per heavy atom. The third kappa shape index (κ3) is 4.74. The van der Waals surface area contributed by atoms with Gasteiger partial charge in [0.2, 0.25) is 0 Å². The molecule has 5 N–H and O–H groups in total. The average Bonchev–Trinajstić information content (AvgIpc) is 3.02. The molecule has 1 aliphatic rings. The van der Waals surface area contributed by atoms with Gasteiger partial charge in [0.25, 0.3) is 5.91 Å². The first kappa shape index (κ1) is 20.8. The van der Waals surface area contributed by atoms with Crippen molar-refractivity contribution in [1.82, 2.24) is 0 Å². The zero-order valence-corrected chi connectivity index (χ0v) is 16.7. The first-order chi connectivity index (χ1) is 13.7. The molecule has 0 saturated carbocycles. The van der Waals surface area contributed by atoms with E-state index in [-0.39, 0.29) is 30.9 Å². The lowest BCUT2D eigenvalue weighted by Crippen LogP contribution is -2.26. The van der Waals surface area contributed by atoms with Crippen LogP contribution in [0, 0.1) is 5.41 Å². The SMILES string of the molecule is COC1=C(c2ccc(CCP(=O)(O)O)cc2)C(=O)N(c2ccc(C(=N)N)cc2)C1. The number of nitrogens with zero attached hydrogens (tertiary/aromatic N) is 1. The number of anilines is 1. The van der Waals surface area contributed by atoms with Gasteiger partial charge in [0.15, 0.2) is 0 Å². The number of ether oxygens (including phenoxy) is 1. The molecule has 0 aliphatic carbocycles. The number of carbonyl (C=O) groups is 1. The maximum atomic E-state index is 13.1. The number of rotatable bonds is 7. The van der Waals surface area contributed by atoms with Crippen LogP contribution in [0.1, 0.15) is 16.7 Å². The fourth-order valence-corrected chi connectivity index (χ4v) is 3.69. The van der Waals surface area contributed by atoms with Crippen molar-refractivity contribution in [2.75, 3.05) is 24.7 Å². The highest BCUT2D eigenvalue weighted by Gasteiger charge is 2.33. The van der Waals surface area contributed by atoms with Crippen LogP contribution in [0.5, 0.6) is 0 Å². The molecule has 0 aromatic heterocycles. The summed E-state index contributed by atoms with van der Waals surface area (Å²) in [6, 6.07) is 13.8. The molecule has 0 bridgehead atoms. The highest BCUT2D eigenvalue weighted by molar-refractivity contribution is 7.51. The van der Waals surface area contributed by atoms with Crippen LogP contribution in [0.3, 0.4) is 0 Å². The van der Waals surface area contributed by atoms with Gasteiger partial charge in [-0.1, -0.05) is 24.3 Å².